The maximum Gasteiger partial charge on any atom is 0.219 e. The average molecular weight is 194 g/mol. The van der Waals surface area contributed by atoms with E-state index in [1.807, 2.05) is 19.1 Å². The highest BCUT2D eigenvalue weighted by Crippen LogP contribution is 2.20. The number of hydrogen-bond acceptors (Lipinski definition) is 3. The summed E-state index contributed by atoms with van der Waals surface area (Å²) in [5.41, 5.74) is 6.59. The fourth-order valence-corrected chi connectivity index (χ4v) is 1.05. The van der Waals surface area contributed by atoms with Crippen LogP contribution in [0, 0.1) is 6.92 Å². The lowest BCUT2D eigenvalue weighted by molar-refractivity contribution is -0.117. The molecule has 0 saturated heterocycles. The van der Waals surface area contributed by atoms with Crippen molar-refractivity contribution < 1.29 is 9.90 Å². The van der Waals surface area contributed by atoms with E-state index in [0.717, 1.165) is 11.3 Å². The molecule has 0 spiro atoms. The van der Waals surface area contributed by atoms with Crippen LogP contribution in [0.25, 0.3) is 0 Å². The average Bonchev–Trinajstić information content (AvgIpc) is 2.10. The van der Waals surface area contributed by atoms with Gasteiger partial charge in [0.1, 0.15) is 5.75 Å². The number of nitrogens with two attached hydrogens (primary N) is 1. The van der Waals surface area contributed by atoms with Crippen LogP contribution in [0.3, 0.4) is 0 Å². The third-order valence-corrected chi connectivity index (χ3v) is 1.91. The first kappa shape index (κ1) is 10.4. The molecular formula is C10H14N2O2. The summed E-state index contributed by atoms with van der Waals surface area (Å²) in [4.78, 5) is 10.4. The molecule has 0 aliphatic rings. The number of benzene rings is 1. The van der Waals surface area contributed by atoms with Crippen molar-refractivity contribution in [1.82, 2.24) is 0 Å². The molecular weight excluding hydrogens is 180 g/mol. The van der Waals surface area contributed by atoms with Crippen LogP contribution in [0.5, 0.6) is 5.75 Å². The van der Waals surface area contributed by atoms with E-state index in [-0.39, 0.29) is 18.1 Å². The van der Waals surface area contributed by atoms with E-state index in [4.69, 9.17) is 5.73 Å². The van der Waals surface area contributed by atoms with Crippen LogP contribution in [0.2, 0.25) is 0 Å². The van der Waals surface area contributed by atoms with Gasteiger partial charge in [-0.25, -0.2) is 0 Å². The Morgan fingerprint density at radius 2 is 2.29 bits per heavy atom. The predicted octanol–water partition coefficient (Wildman–Crippen LogP) is 0.988. The lowest BCUT2D eigenvalue weighted by Crippen LogP contribution is -2.15. The van der Waals surface area contributed by atoms with Crippen molar-refractivity contribution in [2.45, 2.75) is 13.3 Å². The van der Waals surface area contributed by atoms with Crippen molar-refractivity contribution in [3.63, 3.8) is 0 Å². The van der Waals surface area contributed by atoms with Crippen LogP contribution in [0.15, 0.2) is 18.2 Å². The maximum atomic E-state index is 10.4. The molecule has 4 N–H and O–H groups in total. The number of carbonyl (C=O) groups excluding carboxylic acids is 1. The van der Waals surface area contributed by atoms with Crippen LogP contribution >= 0.6 is 0 Å². The number of hydrogen-bond donors (Lipinski definition) is 3. The predicted molar refractivity (Wildman–Crippen MR) is 55.1 cm³/mol. The number of phenols is 1. The standard InChI is InChI=1S/C10H14N2O2/c1-7-2-3-8(6-9(7)13)12-5-4-10(11)14/h2-3,6,12-13H,4-5H2,1H3,(H2,11,14). The molecule has 0 fully saturated rings. The van der Waals surface area contributed by atoms with Gasteiger partial charge in [0.2, 0.25) is 5.91 Å². The third-order valence-electron chi connectivity index (χ3n) is 1.91. The highest BCUT2D eigenvalue weighted by Gasteiger charge is 1.98. The minimum atomic E-state index is -0.339. The summed E-state index contributed by atoms with van der Waals surface area (Å²) in [7, 11) is 0. The largest absolute Gasteiger partial charge is 0.508 e. The lowest BCUT2D eigenvalue weighted by Gasteiger charge is -2.06. The van der Waals surface area contributed by atoms with E-state index in [1.54, 1.807) is 6.07 Å². The molecule has 4 nitrogen and oxygen atoms in total. The van der Waals surface area contributed by atoms with Crippen LogP contribution < -0.4 is 11.1 Å². The first-order valence-electron chi connectivity index (χ1n) is 4.41. The monoisotopic (exact) mass is 194 g/mol. The topological polar surface area (TPSA) is 75.3 Å². The number of nitrogens with one attached hydrogen (secondary N) is 1. The van der Waals surface area contributed by atoms with Crippen LogP contribution in [-0.4, -0.2) is 17.6 Å². The molecule has 1 aromatic rings. The zero-order valence-corrected chi connectivity index (χ0v) is 8.08. The number of phenolic OH excluding ortho intramolecular Hbond substituents is 1. The van der Waals surface area contributed by atoms with Crippen LogP contribution in [0.4, 0.5) is 5.69 Å². The van der Waals surface area contributed by atoms with Gasteiger partial charge in [0, 0.05) is 24.7 Å². The van der Waals surface area contributed by atoms with Gasteiger partial charge in [-0.05, 0) is 18.6 Å². The van der Waals surface area contributed by atoms with Crippen molar-refractivity contribution in [2.24, 2.45) is 5.73 Å². The van der Waals surface area contributed by atoms with E-state index >= 15 is 0 Å². The molecule has 0 aliphatic carbocycles. The van der Waals surface area contributed by atoms with Gasteiger partial charge in [-0.3, -0.25) is 4.79 Å². The molecule has 1 aromatic carbocycles. The molecule has 1 rings (SSSR count). The third kappa shape index (κ3) is 2.97. The van der Waals surface area contributed by atoms with Gasteiger partial charge in [0.05, 0.1) is 0 Å². The molecule has 0 saturated carbocycles. The van der Waals surface area contributed by atoms with Crippen LogP contribution in [-0.2, 0) is 4.79 Å². The maximum absolute atomic E-state index is 10.4. The van der Waals surface area contributed by atoms with E-state index < -0.39 is 0 Å². The molecule has 0 bridgehead atoms. The fourth-order valence-electron chi connectivity index (χ4n) is 1.05. The summed E-state index contributed by atoms with van der Waals surface area (Å²) >= 11 is 0. The molecule has 0 atom stereocenters. The summed E-state index contributed by atoms with van der Waals surface area (Å²) in [5.74, 6) is -0.0945. The van der Waals surface area contributed by atoms with Gasteiger partial charge in [-0.15, -0.1) is 0 Å². The van der Waals surface area contributed by atoms with E-state index in [0.29, 0.717) is 6.54 Å². The Morgan fingerprint density at radius 1 is 1.57 bits per heavy atom. The number of amides is 1. The second-order valence-electron chi connectivity index (χ2n) is 3.14. The Morgan fingerprint density at radius 3 is 2.86 bits per heavy atom. The van der Waals surface area contributed by atoms with E-state index in [2.05, 4.69) is 5.32 Å². The van der Waals surface area contributed by atoms with Gasteiger partial charge in [-0.2, -0.15) is 0 Å². The van der Waals surface area contributed by atoms with Crippen molar-refractivity contribution >= 4 is 11.6 Å². The van der Waals surface area contributed by atoms with Gasteiger partial charge in [-0.1, -0.05) is 6.07 Å². The quantitative estimate of drug-likeness (QED) is 0.669. The second kappa shape index (κ2) is 4.50. The molecule has 76 valence electrons. The van der Waals surface area contributed by atoms with Gasteiger partial charge in [0.25, 0.3) is 0 Å². The summed E-state index contributed by atoms with van der Waals surface area (Å²) in [6.45, 7) is 2.31. The normalized spacial score (nSPS) is 9.79. The first-order valence-corrected chi connectivity index (χ1v) is 4.41. The minimum absolute atomic E-state index is 0.245. The Kier molecular flexibility index (Phi) is 3.34. The van der Waals surface area contributed by atoms with Crippen molar-refractivity contribution in [2.75, 3.05) is 11.9 Å². The highest BCUT2D eigenvalue weighted by atomic mass is 16.3. The van der Waals surface area contributed by atoms with Gasteiger partial charge >= 0.3 is 0 Å². The van der Waals surface area contributed by atoms with Crippen molar-refractivity contribution in [3.05, 3.63) is 23.8 Å². The molecule has 0 heterocycles. The Balaban J connectivity index is 2.51. The van der Waals surface area contributed by atoms with Crippen molar-refractivity contribution in [1.29, 1.82) is 0 Å². The summed E-state index contributed by atoms with van der Waals surface area (Å²) < 4.78 is 0. The fraction of sp³-hybridized carbons (Fsp3) is 0.300. The molecule has 14 heavy (non-hydrogen) atoms. The SMILES string of the molecule is Cc1ccc(NCCC(N)=O)cc1O. The molecule has 0 aromatic heterocycles. The minimum Gasteiger partial charge on any atom is -0.508 e. The lowest BCUT2D eigenvalue weighted by atomic mass is 10.2. The zero-order valence-electron chi connectivity index (χ0n) is 8.08. The number of aryl methyl sites for hydroxylation is 1. The van der Waals surface area contributed by atoms with E-state index in [1.165, 1.54) is 0 Å². The summed E-state index contributed by atoms with van der Waals surface area (Å²) in [6, 6.07) is 5.27. The highest BCUT2D eigenvalue weighted by molar-refractivity contribution is 5.74. The molecule has 0 radical (unpaired) electrons. The van der Waals surface area contributed by atoms with Crippen LogP contribution in [0.1, 0.15) is 12.0 Å². The molecule has 1 amide bonds. The molecule has 0 aliphatic heterocycles. The summed E-state index contributed by atoms with van der Waals surface area (Å²) in [5, 5.41) is 12.4. The number of carbonyl (C=O) groups is 1. The Bertz CT molecular complexity index is 337. The van der Waals surface area contributed by atoms with Gasteiger partial charge < -0.3 is 16.2 Å². The van der Waals surface area contributed by atoms with Gasteiger partial charge in [0.15, 0.2) is 0 Å². The second-order valence-corrected chi connectivity index (χ2v) is 3.14. The molecule has 4 heteroatoms. The van der Waals surface area contributed by atoms with E-state index in [9.17, 15) is 9.90 Å². The number of aromatic hydroxyl groups is 1. The first-order chi connectivity index (χ1) is 6.59. The number of primary amides is 1. The number of anilines is 1. The Hall–Kier alpha value is -1.71. The number of rotatable bonds is 4. The smallest absolute Gasteiger partial charge is 0.219 e. The Labute approximate surface area is 82.7 Å². The van der Waals surface area contributed by atoms with Crippen molar-refractivity contribution in [3.8, 4) is 5.75 Å². The zero-order chi connectivity index (χ0) is 10.6. The summed E-state index contributed by atoms with van der Waals surface area (Å²) in [6.07, 6.45) is 0.286. The molecule has 0 unspecified atom stereocenters.